The molecular formula is C12H8BrF3N2O2S. The molecule has 2 aromatic rings. The van der Waals surface area contributed by atoms with Crippen LogP contribution >= 0.6 is 27.3 Å². The maximum Gasteiger partial charge on any atom is 0.418 e. The molecule has 0 aliphatic carbocycles. The highest BCUT2D eigenvalue weighted by Gasteiger charge is 2.35. The minimum atomic E-state index is -4.66. The molecule has 1 N–H and O–H groups in total. The van der Waals surface area contributed by atoms with Crippen molar-refractivity contribution in [2.75, 3.05) is 5.32 Å². The standard InChI is InChI=1S/C12H8BrF3N2O2S/c13-11-4-2-8(21-11)6-17-10-3-1-7(18(19)20)5-9(10)12(14,15)16/h1-5,17H,6H2. The number of nitrogens with one attached hydrogen (secondary N) is 1. The molecule has 1 aromatic carbocycles. The third-order valence-corrected chi connectivity index (χ3v) is 4.22. The lowest BCUT2D eigenvalue weighted by atomic mass is 10.1. The summed E-state index contributed by atoms with van der Waals surface area (Å²) >= 11 is 4.66. The average Bonchev–Trinajstić information content (AvgIpc) is 2.81. The van der Waals surface area contributed by atoms with Crippen molar-refractivity contribution in [3.8, 4) is 0 Å². The Morgan fingerprint density at radius 3 is 2.52 bits per heavy atom. The van der Waals surface area contributed by atoms with Crippen molar-refractivity contribution in [1.29, 1.82) is 0 Å². The number of nitro groups is 1. The van der Waals surface area contributed by atoms with Gasteiger partial charge in [0.2, 0.25) is 0 Å². The van der Waals surface area contributed by atoms with Crippen molar-refractivity contribution in [2.45, 2.75) is 12.7 Å². The highest BCUT2D eigenvalue weighted by Crippen LogP contribution is 2.37. The number of thiophene rings is 1. The summed E-state index contributed by atoms with van der Waals surface area (Å²) in [6, 6.07) is 6.22. The number of hydrogen-bond acceptors (Lipinski definition) is 4. The van der Waals surface area contributed by atoms with Gasteiger partial charge in [0.25, 0.3) is 5.69 Å². The number of nitro benzene ring substituents is 1. The topological polar surface area (TPSA) is 55.2 Å². The Hall–Kier alpha value is -1.61. The van der Waals surface area contributed by atoms with Gasteiger partial charge in [0.1, 0.15) is 0 Å². The maximum atomic E-state index is 13.0. The Bertz CT molecular complexity index is 673. The second-order valence-corrected chi connectivity index (χ2v) is 6.59. The predicted octanol–water partition coefficient (Wildman–Crippen LogP) is 5.05. The SMILES string of the molecule is O=[N+]([O-])c1ccc(NCc2ccc(Br)s2)c(C(F)(F)F)c1. The first-order valence-corrected chi connectivity index (χ1v) is 7.22. The molecule has 0 saturated carbocycles. The van der Waals surface area contributed by atoms with Crippen molar-refractivity contribution >= 4 is 38.6 Å². The van der Waals surface area contributed by atoms with Crippen molar-refractivity contribution in [3.63, 3.8) is 0 Å². The van der Waals surface area contributed by atoms with E-state index < -0.39 is 22.4 Å². The van der Waals surface area contributed by atoms with Crippen LogP contribution < -0.4 is 5.32 Å². The zero-order valence-electron chi connectivity index (χ0n) is 10.3. The number of halogens is 4. The lowest BCUT2D eigenvalue weighted by molar-refractivity contribution is -0.385. The number of hydrogen-bond donors (Lipinski definition) is 1. The normalized spacial score (nSPS) is 11.4. The number of non-ortho nitro benzene ring substituents is 1. The highest BCUT2D eigenvalue weighted by molar-refractivity contribution is 9.11. The van der Waals surface area contributed by atoms with E-state index in [1.165, 1.54) is 11.3 Å². The summed E-state index contributed by atoms with van der Waals surface area (Å²) in [4.78, 5) is 10.6. The van der Waals surface area contributed by atoms with Gasteiger partial charge in [-0.3, -0.25) is 10.1 Å². The van der Waals surface area contributed by atoms with Gasteiger partial charge in [-0.2, -0.15) is 13.2 Å². The van der Waals surface area contributed by atoms with Crippen molar-refractivity contribution in [2.24, 2.45) is 0 Å². The van der Waals surface area contributed by atoms with Crippen LogP contribution in [0.3, 0.4) is 0 Å². The molecule has 1 aromatic heterocycles. The van der Waals surface area contributed by atoms with E-state index in [1.807, 2.05) is 0 Å². The van der Waals surface area contributed by atoms with Crippen molar-refractivity contribution in [3.05, 3.63) is 54.7 Å². The molecule has 0 spiro atoms. The Kier molecular flexibility index (Phi) is 4.52. The van der Waals surface area contributed by atoms with Crippen LogP contribution in [0.5, 0.6) is 0 Å². The van der Waals surface area contributed by atoms with Crippen LogP contribution in [-0.2, 0) is 12.7 Å². The van der Waals surface area contributed by atoms with Crippen LogP contribution in [0.25, 0.3) is 0 Å². The van der Waals surface area contributed by atoms with Gasteiger partial charge in [0, 0.05) is 29.2 Å². The fraction of sp³-hybridized carbons (Fsp3) is 0.167. The maximum absolute atomic E-state index is 13.0. The summed E-state index contributed by atoms with van der Waals surface area (Å²) in [7, 11) is 0. The first kappa shape index (κ1) is 15.8. The Morgan fingerprint density at radius 2 is 2.00 bits per heavy atom. The molecule has 0 atom stereocenters. The molecule has 0 aliphatic rings. The minimum Gasteiger partial charge on any atom is -0.380 e. The van der Waals surface area contributed by atoms with Crippen LogP contribution in [0.15, 0.2) is 34.1 Å². The summed E-state index contributed by atoms with van der Waals surface area (Å²) in [6.07, 6.45) is -4.66. The predicted molar refractivity (Wildman–Crippen MR) is 77.4 cm³/mol. The van der Waals surface area contributed by atoms with Gasteiger partial charge >= 0.3 is 6.18 Å². The van der Waals surface area contributed by atoms with E-state index in [2.05, 4.69) is 21.2 Å². The Morgan fingerprint density at radius 1 is 1.29 bits per heavy atom. The van der Waals surface area contributed by atoms with Gasteiger partial charge in [0.15, 0.2) is 0 Å². The molecule has 9 heteroatoms. The highest BCUT2D eigenvalue weighted by atomic mass is 79.9. The monoisotopic (exact) mass is 380 g/mol. The van der Waals surface area contributed by atoms with E-state index in [1.54, 1.807) is 12.1 Å². The quantitative estimate of drug-likeness (QED) is 0.596. The van der Waals surface area contributed by atoms with Crippen LogP contribution in [0.1, 0.15) is 10.4 Å². The molecule has 4 nitrogen and oxygen atoms in total. The smallest absolute Gasteiger partial charge is 0.380 e. The summed E-state index contributed by atoms with van der Waals surface area (Å²) < 4.78 is 39.7. The fourth-order valence-corrected chi connectivity index (χ4v) is 3.09. The van der Waals surface area contributed by atoms with Gasteiger partial charge in [0.05, 0.1) is 14.3 Å². The van der Waals surface area contributed by atoms with Gasteiger partial charge in [-0.05, 0) is 34.1 Å². The van der Waals surface area contributed by atoms with E-state index in [-0.39, 0.29) is 12.2 Å². The molecule has 0 amide bonds. The molecule has 1 heterocycles. The van der Waals surface area contributed by atoms with E-state index in [0.717, 1.165) is 20.8 Å². The average molecular weight is 381 g/mol. The van der Waals surface area contributed by atoms with Crippen molar-refractivity contribution < 1.29 is 18.1 Å². The van der Waals surface area contributed by atoms with E-state index in [4.69, 9.17) is 0 Å². The summed E-state index contributed by atoms with van der Waals surface area (Å²) in [6.45, 7) is 0.206. The lowest BCUT2D eigenvalue weighted by Gasteiger charge is -2.13. The molecule has 0 aliphatic heterocycles. The summed E-state index contributed by atoms with van der Waals surface area (Å²) in [5, 5.41) is 13.3. The zero-order chi connectivity index (χ0) is 15.6. The zero-order valence-corrected chi connectivity index (χ0v) is 12.7. The molecule has 0 fully saturated rings. The van der Waals surface area contributed by atoms with E-state index in [0.29, 0.717) is 6.07 Å². The number of anilines is 1. The Labute approximate surface area is 129 Å². The molecule has 0 unspecified atom stereocenters. The first-order valence-electron chi connectivity index (χ1n) is 5.61. The van der Waals surface area contributed by atoms with Gasteiger partial charge < -0.3 is 5.32 Å². The summed E-state index contributed by atoms with van der Waals surface area (Å²) in [5.41, 5.74) is -1.82. The second-order valence-electron chi connectivity index (χ2n) is 4.04. The molecule has 2 rings (SSSR count). The molecule has 112 valence electrons. The summed E-state index contributed by atoms with van der Waals surface area (Å²) in [5.74, 6) is 0. The van der Waals surface area contributed by atoms with Crippen LogP contribution in [-0.4, -0.2) is 4.92 Å². The van der Waals surface area contributed by atoms with Crippen molar-refractivity contribution in [1.82, 2.24) is 0 Å². The third-order valence-electron chi connectivity index (χ3n) is 2.60. The lowest BCUT2D eigenvalue weighted by Crippen LogP contribution is -2.11. The van der Waals surface area contributed by atoms with Crippen LogP contribution in [0, 0.1) is 10.1 Å². The molecule has 0 saturated heterocycles. The van der Waals surface area contributed by atoms with Crippen LogP contribution in [0.4, 0.5) is 24.5 Å². The number of benzene rings is 1. The fourth-order valence-electron chi connectivity index (χ4n) is 1.66. The number of rotatable bonds is 4. The Balaban J connectivity index is 2.27. The molecule has 0 radical (unpaired) electrons. The second kappa shape index (κ2) is 6.02. The molecule has 21 heavy (non-hydrogen) atoms. The van der Waals surface area contributed by atoms with E-state index >= 15 is 0 Å². The molecule has 0 bridgehead atoms. The number of nitrogens with zero attached hydrogens (tertiary/aromatic N) is 1. The van der Waals surface area contributed by atoms with Gasteiger partial charge in [-0.25, -0.2) is 0 Å². The number of alkyl halides is 3. The van der Waals surface area contributed by atoms with Gasteiger partial charge in [-0.1, -0.05) is 0 Å². The minimum absolute atomic E-state index is 0.183. The third kappa shape index (κ3) is 3.94. The van der Waals surface area contributed by atoms with Crippen LogP contribution in [0.2, 0.25) is 0 Å². The first-order chi connectivity index (χ1) is 9.77. The molecular weight excluding hydrogens is 373 g/mol. The largest absolute Gasteiger partial charge is 0.418 e. The van der Waals surface area contributed by atoms with Gasteiger partial charge in [-0.15, -0.1) is 11.3 Å². The van der Waals surface area contributed by atoms with E-state index in [9.17, 15) is 23.3 Å².